The van der Waals surface area contributed by atoms with Crippen LogP contribution in [0.1, 0.15) is 34.6 Å². The Balaban J connectivity index is 3.92. The van der Waals surface area contributed by atoms with Crippen LogP contribution >= 0.6 is 0 Å². The van der Waals surface area contributed by atoms with Gasteiger partial charge in [-0.25, -0.2) is 0 Å². The summed E-state index contributed by atoms with van der Waals surface area (Å²) < 4.78 is 5.70. The predicted molar refractivity (Wildman–Crippen MR) is 54.2 cm³/mol. The molecule has 0 saturated heterocycles. The Morgan fingerprint density at radius 1 is 1.08 bits per heavy atom. The van der Waals surface area contributed by atoms with Crippen molar-refractivity contribution in [2.75, 3.05) is 6.61 Å². The predicted octanol–water partition coefficient (Wildman–Crippen LogP) is 2.84. The Morgan fingerprint density at radius 3 is 1.85 bits per heavy atom. The maximum absolute atomic E-state index is 8.59. The highest BCUT2D eigenvalue weighted by Crippen LogP contribution is 2.16. The summed E-state index contributed by atoms with van der Waals surface area (Å²) in [5.74, 6) is 1.04. The molecule has 2 nitrogen and oxygen atoms in total. The quantitative estimate of drug-likeness (QED) is 0.656. The van der Waals surface area contributed by atoms with Gasteiger partial charge in [0.25, 0.3) is 0 Å². The average molecular weight is 183 g/mol. The molecule has 0 radical (unpaired) electrons. The second kappa shape index (κ2) is 5.99. The SMILES string of the molecule is CC(C#N)COC(C(C)C)C(C)C. The molecule has 0 heterocycles. The van der Waals surface area contributed by atoms with Crippen LogP contribution in [0, 0.1) is 29.1 Å². The van der Waals surface area contributed by atoms with Crippen LogP contribution < -0.4 is 0 Å². The van der Waals surface area contributed by atoms with Crippen LogP contribution in [0.4, 0.5) is 0 Å². The fourth-order valence-corrected chi connectivity index (χ4v) is 1.45. The minimum atomic E-state index is -0.000000000000000444. The van der Waals surface area contributed by atoms with Gasteiger partial charge < -0.3 is 4.74 Å². The molecule has 0 rings (SSSR count). The van der Waals surface area contributed by atoms with Gasteiger partial charge in [0.2, 0.25) is 0 Å². The monoisotopic (exact) mass is 183 g/mol. The van der Waals surface area contributed by atoms with E-state index >= 15 is 0 Å². The van der Waals surface area contributed by atoms with Gasteiger partial charge in [0.05, 0.1) is 24.7 Å². The van der Waals surface area contributed by atoms with Gasteiger partial charge in [0.1, 0.15) is 0 Å². The summed E-state index contributed by atoms with van der Waals surface area (Å²) in [6.07, 6.45) is 0.274. The molecule has 0 spiro atoms. The maximum atomic E-state index is 8.59. The molecule has 0 N–H and O–H groups in total. The lowest BCUT2D eigenvalue weighted by Crippen LogP contribution is -2.27. The number of hydrogen-bond donors (Lipinski definition) is 0. The van der Waals surface area contributed by atoms with E-state index < -0.39 is 0 Å². The minimum Gasteiger partial charge on any atom is -0.376 e. The number of ether oxygens (including phenoxy) is 1. The number of rotatable bonds is 5. The molecule has 0 aliphatic carbocycles. The lowest BCUT2D eigenvalue weighted by atomic mass is 9.96. The first-order valence-electron chi connectivity index (χ1n) is 5.00. The standard InChI is InChI=1S/C11H21NO/c1-8(2)11(9(3)4)13-7-10(5)6-12/h8-11H,7H2,1-5H3. The second-order valence-electron chi connectivity index (χ2n) is 4.32. The molecule has 0 aliphatic heterocycles. The number of nitriles is 1. The van der Waals surface area contributed by atoms with E-state index in [2.05, 4.69) is 33.8 Å². The van der Waals surface area contributed by atoms with Gasteiger partial charge in [0, 0.05) is 0 Å². The van der Waals surface area contributed by atoms with Crippen LogP contribution in [0.15, 0.2) is 0 Å². The highest BCUT2D eigenvalue weighted by atomic mass is 16.5. The molecule has 0 amide bonds. The molecule has 1 atom stereocenters. The number of nitrogens with zero attached hydrogens (tertiary/aromatic N) is 1. The van der Waals surface area contributed by atoms with E-state index in [1.165, 1.54) is 0 Å². The summed E-state index contributed by atoms with van der Waals surface area (Å²) in [7, 11) is 0. The van der Waals surface area contributed by atoms with Crippen LogP contribution in [0.2, 0.25) is 0 Å². The van der Waals surface area contributed by atoms with Crippen molar-refractivity contribution in [2.24, 2.45) is 17.8 Å². The van der Waals surface area contributed by atoms with E-state index in [1.807, 2.05) is 6.92 Å². The molecule has 0 aromatic carbocycles. The van der Waals surface area contributed by atoms with Gasteiger partial charge in [-0.2, -0.15) is 5.26 Å². The molecule has 0 aliphatic rings. The smallest absolute Gasteiger partial charge is 0.0677 e. The first-order valence-corrected chi connectivity index (χ1v) is 5.00. The Morgan fingerprint density at radius 2 is 1.54 bits per heavy atom. The molecular weight excluding hydrogens is 162 g/mol. The summed E-state index contributed by atoms with van der Waals surface area (Å²) in [5, 5.41) is 8.59. The zero-order chi connectivity index (χ0) is 10.4. The second-order valence-corrected chi connectivity index (χ2v) is 4.32. The summed E-state index contributed by atoms with van der Waals surface area (Å²) >= 11 is 0. The van der Waals surface area contributed by atoms with Crippen LogP contribution in [-0.4, -0.2) is 12.7 Å². The summed E-state index contributed by atoms with van der Waals surface area (Å²) in [4.78, 5) is 0. The molecular formula is C11H21NO. The molecule has 0 fully saturated rings. The third-order valence-electron chi connectivity index (χ3n) is 2.07. The summed E-state index contributed by atoms with van der Waals surface area (Å²) in [6, 6.07) is 2.17. The maximum Gasteiger partial charge on any atom is 0.0677 e. The van der Waals surface area contributed by atoms with Crippen molar-refractivity contribution in [3.63, 3.8) is 0 Å². The first-order chi connectivity index (χ1) is 5.99. The van der Waals surface area contributed by atoms with E-state index in [0.717, 1.165) is 0 Å². The zero-order valence-electron chi connectivity index (χ0n) is 9.37. The van der Waals surface area contributed by atoms with Crippen molar-refractivity contribution in [1.29, 1.82) is 5.26 Å². The Labute approximate surface area is 81.9 Å². The van der Waals surface area contributed by atoms with E-state index in [-0.39, 0.29) is 12.0 Å². The van der Waals surface area contributed by atoms with Crippen LogP contribution in [0.25, 0.3) is 0 Å². The van der Waals surface area contributed by atoms with Crippen molar-refractivity contribution in [3.8, 4) is 6.07 Å². The largest absolute Gasteiger partial charge is 0.376 e. The van der Waals surface area contributed by atoms with Crippen molar-refractivity contribution in [3.05, 3.63) is 0 Å². The fourth-order valence-electron chi connectivity index (χ4n) is 1.45. The van der Waals surface area contributed by atoms with Gasteiger partial charge in [-0.05, 0) is 18.8 Å². The van der Waals surface area contributed by atoms with Crippen molar-refractivity contribution < 1.29 is 4.74 Å². The fraction of sp³-hybridized carbons (Fsp3) is 0.909. The molecule has 2 heteroatoms. The van der Waals surface area contributed by atoms with Gasteiger partial charge in [-0.15, -0.1) is 0 Å². The van der Waals surface area contributed by atoms with E-state index in [0.29, 0.717) is 18.4 Å². The van der Waals surface area contributed by atoms with E-state index in [1.54, 1.807) is 0 Å². The normalized spacial score (nSPS) is 13.8. The molecule has 0 aromatic heterocycles. The first kappa shape index (κ1) is 12.4. The zero-order valence-corrected chi connectivity index (χ0v) is 9.37. The summed E-state index contributed by atoms with van der Waals surface area (Å²) in [6.45, 7) is 11.1. The topological polar surface area (TPSA) is 33.0 Å². The average Bonchev–Trinajstić information content (AvgIpc) is 2.03. The molecule has 13 heavy (non-hydrogen) atoms. The molecule has 76 valence electrons. The third kappa shape index (κ3) is 4.90. The summed E-state index contributed by atoms with van der Waals surface area (Å²) in [5.41, 5.74) is 0. The molecule has 0 saturated carbocycles. The van der Waals surface area contributed by atoms with E-state index in [9.17, 15) is 0 Å². The van der Waals surface area contributed by atoms with Crippen LogP contribution in [-0.2, 0) is 4.74 Å². The van der Waals surface area contributed by atoms with Crippen LogP contribution in [0.5, 0.6) is 0 Å². The van der Waals surface area contributed by atoms with Crippen molar-refractivity contribution in [2.45, 2.75) is 40.7 Å². The third-order valence-corrected chi connectivity index (χ3v) is 2.07. The highest BCUT2D eigenvalue weighted by molar-refractivity contribution is 4.79. The van der Waals surface area contributed by atoms with Crippen molar-refractivity contribution >= 4 is 0 Å². The van der Waals surface area contributed by atoms with Gasteiger partial charge in [-0.1, -0.05) is 27.7 Å². The Bertz CT molecular complexity index is 161. The lowest BCUT2D eigenvalue weighted by molar-refractivity contribution is -0.0160. The minimum absolute atomic E-state index is 0.000000000000000444. The molecule has 0 aromatic rings. The Kier molecular flexibility index (Phi) is 5.73. The van der Waals surface area contributed by atoms with Crippen LogP contribution in [0.3, 0.4) is 0 Å². The molecule has 0 bridgehead atoms. The lowest BCUT2D eigenvalue weighted by Gasteiger charge is -2.25. The van der Waals surface area contributed by atoms with Gasteiger partial charge in [0.15, 0.2) is 0 Å². The Hall–Kier alpha value is -0.550. The van der Waals surface area contributed by atoms with Crippen molar-refractivity contribution in [1.82, 2.24) is 0 Å². The highest BCUT2D eigenvalue weighted by Gasteiger charge is 2.18. The van der Waals surface area contributed by atoms with Gasteiger partial charge in [-0.3, -0.25) is 0 Å². The van der Waals surface area contributed by atoms with Gasteiger partial charge >= 0.3 is 0 Å². The molecule has 1 unspecified atom stereocenters. The number of hydrogen-bond acceptors (Lipinski definition) is 2. The van der Waals surface area contributed by atoms with E-state index in [4.69, 9.17) is 10.00 Å².